The van der Waals surface area contributed by atoms with E-state index in [9.17, 15) is 4.79 Å². The van der Waals surface area contributed by atoms with Gasteiger partial charge >= 0.3 is 0 Å². The van der Waals surface area contributed by atoms with E-state index >= 15 is 0 Å². The SMILES string of the molecule is NC(=O)c1ccccc1-c1cccc2sc(-c3nc(NCCC4CCNCC4)ncc3Cl)cc12. The van der Waals surface area contributed by atoms with Crippen molar-refractivity contribution in [1.82, 2.24) is 15.3 Å². The molecule has 0 aliphatic carbocycles. The molecule has 1 amide bonds. The van der Waals surface area contributed by atoms with E-state index < -0.39 is 5.91 Å². The Morgan fingerprint density at radius 2 is 1.94 bits per heavy atom. The van der Waals surface area contributed by atoms with Gasteiger partial charge in [0, 0.05) is 22.2 Å². The lowest BCUT2D eigenvalue weighted by Crippen LogP contribution is -2.28. The van der Waals surface area contributed by atoms with Gasteiger partial charge in [-0.1, -0.05) is 41.9 Å². The molecule has 174 valence electrons. The van der Waals surface area contributed by atoms with Crippen LogP contribution in [0.1, 0.15) is 29.6 Å². The van der Waals surface area contributed by atoms with Gasteiger partial charge < -0.3 is 16.4 Å². The normalized spacial score (nSPS) is 14.4. The van der Waals surface area contributed by atoms with Gasteiger partial charge in [0.25, 0.3) is 0 Å². The van der Waals surface area contributed by atoms with E-state index in [1.165, 1.54) is 12.8 Å². The molecule has 5 rings (SSSR count). The summed E-state index contributed by atoms with van der Waals surface area (Å²) in [4.78, 5) is 22.1. The minimum Gasteiger partial charge on any atom is -0.366 e. The molecule has 6 nitrogen and oxygen atoms in total. The Morgan fingerprint density at radius 3 is 2.76 bits per heavy atom. The van der Waals surface area contributed by atoms with Gasteiger partial charge in [0.15, 0.2) is 0 Å². The molecule has 4 aromatic rings. The van der Waals surface area contributed by atoms with Crippen molar-refractivity contribution in [3.63, 3.8) is 0 Å². The molecule has 1 aliphatic heterocycles. The standard InChI is InChI=1S/C26H26ClN5OS/c27-21-15-31-26(30-13-10-16-8-11-29-12-9-16)32-24(21)23-14-20-18(6-3-7-22(20)34-23)17-4-1-2-5-19(17)25(28)33/h1-7,14-16,29H,8-13H2,(H2,28,33)(H,30,31,32). The number of nitrogens with two attached hydrogens (primary N) is 1. The van der Waals surface area contributed by atoms with Gasteiger partial charge in [0.1, 0.15) is 5.69 Å². The lowest BCUT2D eigenvalue weighted by Gasteiger charge is -2.22. The molecule has 0 spiro atoms. The van der Waals surface area contributed by atoms with Crippen LogP contribution in [0, 0.1) is 5.92 Å². The number of nitrogens with one attached hydrogen (secondary N) is 2. The van der Waals surface area contributed by atoms with Crippen molar-refractivity contribution in [2.24, 2.45) is 11.7 Å². The summed E-state index contributed by atoms with van der Waals surface area (Å²) in [6.07, 6.45) is 5.20. The van der Waals surface area contributed by atoms with Gasteiger partial charge in [-0.05, 0) is 67.6 Å². The lowest BCUT2D eigenvalue weighted by molar-refractivity contribution is 0.100. The number of anilines is 1. The van der Waals surface area contributed by atoms with Crippen LogP contribution in [-0.4, -0.2) is 35.5 Å². The van der Waals surface area contributed by atoms with Crippen LogP contribution in [0.2, 0.25) is 5.02 Å². The predicted octanol–water partition coefficient (Wildman–Crippen LogP) is 5.58. The first kappa shape index (κ1) is 22.8. The maximum atomic E-state index is 12.0. The van der Waals surface area contributed by atoms with Gasteiger partial charge in [0.2, 0.25) is 11.9 Å². The molecule has 0 radical (unpaired) electrons. The molecule has 4 N–H and O–H groups in total. The van der Waals surface area contributed by atoms with Crippen LogP contribution in [0.4, 0.5) is 5.95 Å². The summed E-state index contributed by atoms with van der Waals surface area (Å²) in [6, 6.07) is 15.6. The number of primary amides is 1. The highest BCUT2D eigenvalue weighted by molar-refractivity contribution is 7.22. The number of piperidine rings is 1. The van der Waals surface area contributed by atoms with Crippen molar-refractivity contribution in [2.45, 2.75) is 19.3 Å². The van der Waals surface area contributed by atoms with Crippen molar-refractivity contribution in [1.29, 1.82) is 0 Å². The molecule has 0 unspecified atom stereocenters. The quantitative estimate of drug-likeness (QED) is 0.314. The van der Waals surface area contributed by atoms with Crippen molar-refractivity contribution in [3.05, 3.63) is 65.3 Å². The van der Waals surface area contributed by atoms with Crippen LogP contribution in [0.25, 0.3) is 31.8 Å². The van der Waals surface area contributed by atoms with Crippen LogP contribution < -0.4 is 16.4 Å². The first-order valence-corrected chi connectivity index (χ1v) is 12.7. The summed E-state index contributed by atoms with van der Waals surface area (Å²) >= 11 is 8.14. The Kier molecular flexibility index (Phi) is 6.76. The molecule has 1 aliphatic rings. The highest BCUT2D eigenvalue weighted by atomic mass is 35.5. The highest BCUT2D eigenvalue weighted by Gasteiger charge is 2.17. The Morgan fingerprint density at radius 1 is 1.15 bits per heavy atom. The average molecular weight is 492 g/mol. The number of aromatic nitrogens is 2. The van der Waals surface area contributed by atoms with E-state index in [-0.39, 0.29) is 0 Å². The number of nitrogens with zero attached hydrogens (tertiary/aromatic N) is 2. The molecule has 34 heavy (non-hydrogen) atoms. The third-order valence-electron chi connectivity index (χ3n) is 6.32. The fraction of sp³-hybridized carbons (Fsp3) is 0.269. The average Bonchev–Trinajstić information content (AvgIpc) is 3.30. The molecule has 8 heteroatoms. The third kappa shape index (κ3) is 4.78. The number of fused-ring (bicyclic) bond motifs is 1. The topological polar surface area (TPSA) is 92.9 Å². The number of rotatable bonds is 7. The monoisotopic (exact) mass is 491 g/mol. The molecule has 0 bridgehead atoms. The number of carbonyl (C=O) groups is 1. The second-order valence-corrected chi connectivity index (χ2v) is 10.0. The number of halogens is 1. The number of benzene rings is 2. The number of hydrogen-bond acceptors (Lipinski definition) is 6. The Labute approximate surface area is 207 Å². The zero-order valence-electron chi connectivity index (χ0n) is 18.7. The van der Waals surface area contributed by atoms with Crippen molar-refractivity contribution in [2.75, 3.05) is 25.0 Å². The summed E-state index contributed by atoms with van der Waals surface area (Å²) in [5.41, 5.74) is 8.62. The Hall–Kier alpha value is -3.00. The van der Waals surface area contributed by atoms with E-state index in [1.807, 2.05) is 30.3 Å². The van der Waals surface area contributed by atoms with Gasteiger partial charge in [-0.3, -0.25) is 4.79 Å². The zero-order chi connectivity index (χ0) is 23.5. The number of hydrogen-bond donors (Lipinski definition) is 3. The summed E-state index contributed by atoms with van der Waals surface area (Å²) in [7, 11) is 0. The molecule has 3 heterocycles. The molecular weight excluding hydrogens is 466 g/mol. The lowest BCUT2D eigenvalue weighted by atomic mass is 9.95. The van der Waals surface area contributed by atoms with Gasteiger partial charge in [-0.2, -0.15) is 0 Å². The summed E-state index contributed by atoms with van der Waals surface area (Å²) < 4.78 is 1.09. The van der Waals surface area contributed by atoms with E-state index in [2.05, 4.69) is 27.8 Å². The molecule has 2 aromatic carbocycles. The summed E-state index contributed by atoms with van der Waals surface area (Å²) in [6.45, 7) is 3.04. The maximum Gasteiger partial charge on any atom is 0.249 e. The minimum absolute atomic E-state index is 0.442. The first-order chi connectivity index (χ1) is 16.6. The number of carbonyl (C=O) groups excluding carboxylic acids is 1. The molecule has 1 saturated heterocycles. The Bertz CT molecular complexity index is 1330. The summed E-state index contributed by atoms with van der Waals surface area (Å²) in [5.74, 6) is 0.886. The molecule has 1 fully saturated rings. The van der Waals surface area contributed by atoms with E-state index in [0.717, 1.165) is 58.1 Å². The van der Waals surface area contributed by atoms with E-state index in [1.54, 1.807) is 23.6 Å². The number of amides is 1. The predicted molar refractivity (Wildman–Crippen MR) is 141 cm³/mol. The van der Waals surface area contributed by atoms with Crippen LogP contribution in [-0.2, 0) is 0 Å². The molecule has 0 atom stereocenters. The van der Waals surface area contributed by atoms with Crippen LogP contribution >= 0.6 is 22.9 Å². The molecule has 2 aromatic heterocycles. The second-order valence-electron chi connectivity index (χ2n) is 8.54. The highest BCUT2D eigenvalue weighted by Crippen LogP contribution is 2.40. The van der Waals surface area contributed by atoms with Crippen LogP contribution in [0.5, 0.6) is 0 Å². The van der Waals surface area contributed by atoms with Crippen molar-refractivity contribution in [3.8, 4) is 21.7 Å². The maximum absolute atomic E-state index is 12.0. The zero-order valence-corrected chi connectivity index (χ0v) is 20.3. The number of thiophene rings is 1. The van der Waals surface area contributed by atoms with Crippen LogP contribution in [0.15, 0.2) is 54.7 Å². The Balaban J connectivity index is 1.44. The van der Waals surface area contributed by atoms with Gasteiger partial charge in [0.05, 0.1) is 16.1 Å². The van der Waals surface area contributed by atoms with Gasteiger partial charge in [-0.25, -0.2) is 9.97 Å². The second kappa shape index (κ2) is 10.1. The van der Waals surface area contributed by atoms with Crippen molar-refractivity contribution < 1.29 is 4.79 Å². The third-order valence-corrected chi connectivity index (χ3v) is 7.70. The molecule has 0 saturated carbocycles. The van der Waals surface area contributed by atoms with Crippen molar-refractivity contribution >= 4 is 44.9 Å². The summed E-state index contributed by atoms with van der Waals surface area (Å²) in [5, 5.41) is 8.32. The van der Waals surface area contributed by atoms with Gasteiger partial charge in [-0.15, -0.1) is 11.3 Å². The molecular formula is C26H26ClN5OS. The minimum atomic E-state index is -0.442. The smallest absolute Gasteiger partial charge is 0.249 e. The van der Waals surface area contributed by atoms with E-state index in [4.69, 9.17) is 22.3 Å². The largest absolute Gasteiger partial charge is 0.366 e. The fourth-order valence-electron chi connectivity index (χ4n) is 4.53. The fourth-order valence-corrected chi connectivity index (χ4v) is 5.87. The first-order valence-electron chi connectivity index (χ1n) is 11.5. The van der Waals surface area contributed by atoms with E-state index in [0.29, 0.717) is 22.2 Å². The van der Waals surface area contributed by atoms with Crippen LogP contribution in [0.3, 0.4) is 0 Å².